The molecule has 0 bridgehead atoms. The number of aryl methyl sites for hydroxylation is 3. The van der Waals surface area contributed by atoms with E-state index in [0.29, 0.717) is 23.4 Å². The number of hydrogen-bond donors (Lipinski definition) is 1. The standard InChI is InChI=1S/C12H14N6O/c1-4-10-9(7-17(2)16-10)12(19)15-11-8(5-13)6-14-18(11)3/h6-7H,4H2,1-3H3,(H,15,19). The second-order valence-corrected chi connectivity index (χ2v) is 4.11. The third-order valence-corrected chi connectivity index (χ3v) is 2.78. The number of nitrogens with one attached hydrogen (secondary N) is 1. The Bertz CT molecular complexity index is 660. The molecule has 98 valence electrons. The fourth-order valence-corrected chi connectivity index (χ4v) is 1.83. The van der Waals surface area contributed by atoms with E-state index in [9.17, 15) is 4.79 Å². The maximum absolute atomic E-state index is 12.2. The van der Waals surface area contributed by atoms with Crippen LogP contribution in [-0.2, 0) is 20.5 Å². The van der Waals surface area contributed by atoms with E-state index in [2.05, 4.69) is 15.5 Å². The summed E-state index contributed by atoms with van der Waals surface area (Å²) in [4.78, 5) is 12.2. The van der Waals surface area contributed by atoms with E-state index in [4.69, 9.17) is 5.26 Å². The van der Waals surface area contributed by atoms with E-state index < -0.39 is 0 Å². The second kappa shape index (κ2) is 4.94. The summed E-state index contributed by atoms with van der Waals surface area (Å²) in [6.45, 7) is 1.93. The highest BCUT2D eigenvalue weighted by Crippen LogP contribution is 2.15. The summed E-state index contributed by atoms with van der Waals surface area (Å²) in [5.41, 5.74) is 1.56. The predicted octanol–water partition coefficient (Wildman–Crippen LogP) is 0.840. The van der Waals surface area contributed by atoms with Crippen LogP contribution in [0, 0.1) is 11.3 Å². The molecule has 0 spiro atoms. The minimum Gasteiger partial charge on any atom is -0.306 e. The number of hydrogen-bond acceptors (Lipinski definition) is 4. The van der Waals surface area contributed by atoms with Crippen molar-refractivity contribution in [3.8, 4) is 6.07 Å². The van der Waals surface area contributed by atoms with Crippen LogP contribution in [0.15, 0.2) is 12.4 Å². The van der Waals surface area contributed by atoms with Crippen molar-refractivity contribution >= 4 is 11.7 Å². The van der Waals surface area contributed by atoms with Gasteiger partial charge in [0.25, 0.3) is 5.91 Å². The average molecular weight is 258 g/mol. The van der Waals surface area contributed by atoms with E-state index in [1.165, 1.54) is 10.9 Å². The minimum atomic E-state index is -0.287. The topological polar surface area (TPSA) is 88.5 Å². The minimum absolute atomic E-state index is 0.287. The molecule has 0 aliphatic rings. The van der Waals surface area contributed by atoms with Gasteiger partial charge in [-0.3, -0.25) is 14.2 Å². The first-order valence-corrected chi connectivity index (χ1v) is 5.82. The number of carbonyl (C=O) groups is 1. The molecule has 0 aliphatic heterocycles. The summed E-state index contributed by atoms with van der Waals surface area (Å²) in [5.74, 6) is 0.100. The smallest absolute Gasteiger partial charge is 0.260 e. The molecule has 0 saturated heterocycles. The third-order valence-electron chi connectivity index (χ3n) is 2.78. The molecule has 0 saturated carbocycles. The van der Waals surface area contributed by atoms with E-state index in [1.54, 1.807) is 25.0 Å². The van der Waals surface area contributed by atoms with Gasteiger partial charge in [-0.05, 0) is 6.42 Å². The van der Waals surface area contributed by atoms with Gasteiger partial charge in [-0.1, -0.05) is 6.92 Å². The summed E-state index contributed by atoms with van der Waals surface area (Å²) < 4.78 is 3.06. The lowest BCUT2D eigenvalue weighted by atomic mass is 10.2. The molecule has 7 nitrogen and oxygen atoms in total. The Kier molecular flexibility index (Phi) is 3.33. The molecule has 0 fully saturated rings. The molecule has 2 rings (SSSR count). The van der Waals surface area contributed by atoms with Crippen LogP contribution in [-0.4, -0.2) is 25.5 Å². The van der Waals surface area contributed by atoms with Gasteiger partial charge in [-0.15, -0.1) is 0 Å². The Morgan fingerprint density at radius 3 is 2.89 bits per heavy atom. The Balaban J connectivity index is 2.31. The highest BCUT2D eigenvalue weighted by atomic mass is 16.1. The molecule has 1 N–H and O–H groups in total. The number of amides is 1. The van der Waals surface area contributed by atoms with Crippen molar-refractivity contribution in [1.82, 2.24) is 19.6 Å². The normalized spacial score (nSPS) is 10.2. The van der Waals surface area contributed by atoms with Gasteiger partial charge >= 0.3 is 0 Å². The Morgan fingerprint density at radius 2 is 2.26 bits per heavy atom. The molecule has 7 heteroatoms. The van der Waals surface area contributed by atoms with Gasteiger partial charge in [0, 0.05) is 20.3 Å². The lowest BCUT2D eigenvalue weighted by molar-refractivity contribution is 0.102. The Morgan fingerprint density at radius 1 is 1.53 bits per heavy atom. The Hall–Kier alpha value is -2.62. The molecule has 2 heterocycles. The number of carbonyl (C=O) groups excluding carboxylic acids is 1. The first-order valence-electron chi connectivity index (χ1n) is 5.82. The lowest BCUT2D eigenvalue weighted by Gasteiger charge is -2.05. The number of nitrogens with zero attached hydrogens (tertiary/aromatic N) is 5. The quantitative estimate of drug-likeness (QED) is 0.883. The molecule has 0 radical (unpaired) electrons. The summed E-state index contributed by atoms with van der Waals surface area (Å²) in [5, 5.41) is 19.8. The van der Waals surface area contributed by atoms with Gasteiger partial charge in [-0.25, -0.2) is 0 Å². The van der Waals surface area contributed by atoms with E-state index >= 15 is 0 Å². The predicted molar refractivity (Wildman–Crippen MR) is 68.5 cm³/mol. The summed E-state index contributed by atoms with van der Waals surface area (Å²) >= 11 is 0. The zero-order valence-corrected chi connectivity index (χ0v) is 11.0. The third kappa shape index (κ3) is 2.33. The van der Waals surface area contributed by atoms with Gasteiger partial charge in [0.1, 0.15) is 17.5 Å². The van der Waals surface area contributed by atoms with Crippen LogP contribution < -0.4 is 5.32 Å². The van der Waals surface area contributed by atoms with Crippen molar-refractivity contribution in [2.24, 2.45) is 14.1 Å². The average Bonchev–Trinajstić information content (AvgIpc) is 2.93. The maximum Gasteiger partial charge on any atom is 0.260 e. The number of anilines is 1. The van der Waals surface area contributed by atoms with Gasteiger partial charge in [0.05, 0.1) is 17.5 Å². The van der Waals surface area contributed by atoms with Crippen molar-refractivity contribution in [2.75, 3.05) is 5.32 Å². The second-order valence-electron chi connectivity index (χ2n) is 4.11. The van der Waals surface area contributed by atoms with E-state index in [-0.39, 0.29) is 5.91 Å². The lowest BCUT2D eigenvalue weighted by Crippen LogP contribution is -2.16. The van der Waals surface area contributed by atoms with Crippen molar-refractivity contribution in [1.29, 1.82) is 5.26 Å². The van der Waals surface area contributed by atoms with Gasteiger partial charge in [-0.2, -0.15) is 15.5 Å². The largest absolute Gasteiger partial charge is 0.306 e. The highest BCUT2D eigenvalue weighted by Gasteiger charge is 2.17. The van der Waals surface area contributed by atoms with E-state index in [1.807, 2.05) is 13.0 Å². The van der Waals surface area contributed by atoms with Crippen molar-refractivity contribution in [3.05, 3.63) is 29.2 Å². The van der Waals surface area contributed by atoms with Gasteiger partial charge < -0.3 is 5.32 Å². The fraction of sp³-hybridized carbons (Fsp3) is 0.333. The molecule has 0 atom stereocenters. The molecule has 0 unspecified atom stereocenters. The van der Waals surface area contributed by atoms with Gasteiger partial charge in [0.15, 0.2) is 0 Å². The highest BCUT2D eigenvalue weighted by molar-refractivity contribution is 6.05. The van der Waals surface area contributed by atoms with Crippen LogP contribution in [0.2, 0.25) is 0 Å². The number of aromatic nitrogens is 4. The first kappa shape index (κ1) is 12.8. The summed E-state index contributed by atoms with van der Waals surface area (Å²) in [6.07, 6.45) is 3.75. The maximum atomic E-state index is 12.2. The molecule has 1 amide bonds. The molecule has 0 aliphatic carbocycles. The molecular weight excluding hydrogens is 244 g/mol. The fourth-order valence-electron chi connectivity index (χ4n) is 1.83. The zero-order valence-electron chi connectivity index (χ0n) is 11.0. The number of rotatable bonds is 3. The van der Waals surface area contributed by atoms with Crippen LogP contribution in [0.4, 0.5) is 5.82 Å². The monoisotopic (exact) mass is 258 g/mol. The summed E-state index contributed by atoms with van der Waals surface area (Å²) in [7, 11) is 3.43. The molecule has 2 aromatic heterocycles. The van der Waals surface area contributed by atoms with Crippen molar-refractivity contribution in [3.63, 3.8) is 0 Å². The van der Waals surface area contributed by atoms with Gasteiger partial charge in [0.2, 0.25) is 0 Å². The number of nitriles is 1. The van der Waals surface area contributed by atoms with Crippen LogP contribution in [0.25, 0.3) is 0 Å². The van der Waals surface area contributed by atoms with Crippen LogP contribution in [0.3, 0.4) is 0 Å². The van der Waals surface area contributed by atoms with Crippen LogP contribution in [0.1, 0.15) is 28.5 Å². The zero-order chi connectivity index (χ0) is 14.0. The molecular formula is C12H14N6O. The summed E-state index contributed by atoms with van der Waals surface area (Å²) in [6, 6.07) is 1.99. The van der Waals surface area contributed by atoms with E-state index in [0.717, 1.165) is 5.69 Å². The van der Waals surface area contributed by atoms with Crippen molar-refractivity contribution < 1.29 is 4.79 Å². The van der Waals surface area contributed by atoms with Crippen molar-refractivity contribution in [2.45, 2.75) is 13.3 Å². The molecule has 2 aromatic rings. The first-order chi connectivity index (χ1) is 9.06. The molecule has 19 heavy (non-hydrogen) atoms. The Labute approximate surface area is 110 Å². The van der Waals surface area contributed by atoms with Crippen LogP contribution in [0.5, 0.6) is 0 Å². The molecule has 0 aromatic carbocycles. The van der Waals surface area contributed by atoms with Crippen LogP contribution >= 0.6 is 0 Å². The SMILES string of the molecule is CCc1nn(C)cc1C(=O)Nc1c(C#N)cnn1C.